The number of rotatable bonds is 4. The summed E-state index contributed by atoms with van der Waals surface area (Å²) in [6, 6.07) is 4.16. The topological polar surface area (TPSA) is 54.0 Å². The van der Waals surface area contributed by atoms with Crippen LogP contribution < -0.4 is 10.6 Å². The van der Waals surface area contributed by atoms with E-state index in [9.17, 15) is 4.79 Å². The van der Waals surface area contributed by atoms with Crippen LogP contribution in [0.5, 0.6) is 0 Å². The van der Waals surface area contributed by atoms with Crippen LogP contribution in [0.15, 0.2) is 22.9 Å². The maximum Gasteiger partial charge on any atom is 0.238 e. The molecular weight excluding hydrogens is 258 g/mol. The Bertz CT molecular complexity index is 348. The van der Waals surface area contributed by atoms with Crippen LogP contribution in [0.3, 0.4) is 0 Å². The number of anilines is 1. The van der Waals surface area contributed by atoms with Crippen LogP contribution >= 0.6 is 15.9 Å². The lowest BCUT2D eigenvalue weighted by atomic mass is 10.4. The summed E-state index contributed by atoms with van der Waals surface area (Å²) in [5.41, 5.74) is 0.723. The summed E-state index contributed by atoms with van der Waals surface area (Å²) in [6.07, 6.45) is 4.00. The SMILES string of the molecule is O=C(CNC1CC1)Nc1ccc(Br)nc1. The van der Waals surface area contributed by atoms with Gasteiger partial charge in [0, 0.05) is 6.04 Å². The molecule has 0 saturated heterocycles. The molecule has 1 aliphatic carbocycles. The summed E-state index contributed by atoms with van der Waals surface area (Å²) in [7, 11) is 0. The highest BCUT2D eigenvalue weighted by molar-refractivity contribution is 9.10. The third-order valence-corrected chi connectivity index (χ3v) is 2.61. The van der Waals surface area contributed by atoms with Gasteiger partial charge in [-0.1, -0.05) is 0 Å². The zero-order valence-corrected chi connectivity index (χ0v) is 9.75. The zero-order valence-electron chi connectivity index (χ0n) is 8.16. The molecule has 1 saturated carbocycles. The molecule has 1 heterocycles. The van der Waals surface area contributed by atoms with Gasteiger partial charge in [0.2, 0.25) is 5.91 Å². The van der Waals surface area contributed by atoms with Crippen molar-refractivity contribution in [3.8, 4) is 0 Å². The molecule has 0 radical (unpaired) electrons. The largest absolute Gasteiger partial charge is 0.324 e. The average Bonchev–Trinajstić information content (AvgIpc) is 3.02. The lowest BCUT2D eigenvalue weighted by molar-refractivity contribution is -0.115. The van der Waals surface area contributed by atoms with Crippen molar-refractivity contribution in [3.05, 3.63) is 22.9 Å². The molecule has 5 heteroatoms. The van der Waals surface area contributed by atoms with Crippen LogP contribution in [-0.2, 0) is 4.79 Å². The molecule has 0 unspecified atom stereocenters. The van der Waals surface area contributed by atoms with E-state index in [0.717, 1.165) is 10.3 Å². The Labute approximate surface area is 96.6 Å². The highest BCUT2D eigenvalue weighted by Crippen LogP contribution is 2.18. The molecule has 0 aliphatic heterocycles. The van der Waals surface area contributed by atoms with Gasteiger partial charge in [-0.25, -0.2) is 4.98 Å². The number of aromatic nitrogens is 1. The van der Waals surface area contributed by atoms with Crippen LogP contribution in [0, 0.1) is 0 Å². The third-order valence-electron chi connectivity index (χ3n) is 2.14. The molecule has 80 valence electrons. The Balaban J connectivity index is 1.79. The lowest BCUT2D eigenvalue weighted by Crippen LogP contribution is -2.29. The molecule has 4 nitrogen and oxygen atoms in total. The number of pyridine rings is 1. The Morgan fingerprint density at radius 3 is 2.93 bits per heavy atom. The molecule has 1 aromatic heterocycles. The van der Waals surface area contributed by atoms with E-state index >= 15 is 0 Å². The van der Waals surface area contributed by atoms with Gasteiger partial charge in [0.25, 0.3) is 0 Å². The minimum atomic E-state index is -0.0222. The second-order valence-electron chi connectivity index (χ2n) is 3.57. The van der Waals surface area contributed by atoms with Crippen molar-refractivity contribution < 1.29 is 4.79 Å². The van der Waals surface area contributed by atoms with Gasteiger partial charge in [-0.05, 0) is 40.9 Å². The van der Waals surface area contributed by atoms with Gasteiger partial charge in [-0.2, -0.15) is 0 Å². The van der Waals surface area contributed by atoms with Gasteiger partial charge < -0.3 is 10.6 Å². The van der Waals surface area contributed by atoms with Crippen molar-refractivity contribution >= 4 is 27.5 Å². The Morgan fingerprint density at radius 1 is 1.53 bits per heavy atom. The predicted molar refractivity (Wildman–Crippen MR) is 61.6 cm³/mol. The number of hydrogen-bond acceptors (Lipinski definition) is 3. The summed E-state index contributed by atoms with van der Waals surface area (Å²) in [5, 5.41) is 5.91. The average molecular weight is 270 g/mol. The second kappa shape index (κ2) is 4.72. The van der Waals surface area contributed by atoms with Gasteiger partial charge in [-0.15, -0.1) is 0 Å². The Kier molecular flexibility index (Phi) is 3.33. The number of nitrogens with one attached hydrogen (secondary N) is 2. The molecule has 0 spiro atoms. The van der Waals surface area contributed by atoms with Gasteiger partial charge in [0.05, 0.1) is 18.4 Å². The minimum Gasteiger partial charge on any atom is -0.324 e. The molecule has 1 amide bonds. The molecule has 1 aromatic rings. The van der Waals surface area contributed by atoms with Crippen molar-refractivity contribution in [2.45, 2.75) is 18.9 Å². The standard InChI is InChI=1S/C10H12BrN3O/c11-9-4-3-8(5-13-9)14-10(15)6-12-7-1-2-7/h3-5,7,12H,1-2,6H2,(H,14,15). The summed E-state index contributed by atoms with van der Waals surface area (Å²) in [5.74, 6) is -0.0222. The lowest BCUT2D eigenvalue weighted by Gasteiger charge is -2.05. The number of halogens is 1. The first-order valence-corrected chi connectivity index (χ1v) is 5.68. The molecule has 0 atom stereocenters. The van der Waals surface area contributed by atoms with Gasteiger partial charge >= 0.3 is 0 Å². The van der Waals surface area contributed by atoms with Gasteiger partial charge in [-0.3, -0.25) is 4.79 Å². The summed E-state index contributed by atoms with van der Waals surface area (Å²) < 4.78 is 0.761. The zero-order chi connectivity index (χ0) is 10.7. The fourth-order valence-corrected chi connectivity index (χ4v) is 1.41. The monoisotopic (exact) mass is 269 g/mol. The van der Waals surface area contributed by atoms with Crippen LogP contribution in [0.1, 0.15) is 12.8 Å². The number of hydrogen-bond donors (Lipinski definition) is 2. The molecular formula is C10H12BrN3O. The third kappa shape index (κ3) is 3.60. The normalized spacial score (nSPS) is 15.0. The van der Waals surface area contributed by atoms with E-state index in [1.165, 1.54) is 12.8 Å². The molecule has 0 bridgehead atoms. The van der Waals surface area contributed by atoms with Gasteiger partial charge in [0.1, 0.15) is 4.60 Å². The van der Waals surface area contributed by atoms with Crippen LogP contribution in [0.25, 0.3) is 0 Å². The number of carbonyl (C=O) groups is 1. The van der Waals surface area contributed by atoms with E-state index in [1.54, 1.807) is 12.3 Å². The first kappa shape index (κ1) is 10.6. The van der Waals surface area contributed by atoms with Crippen molar-refractivity contribution in [2.24, 2.45) is 0 Å². The van der Waals surface area contributed by atoms with E-state index in [-0.39, 0.29) is 5.91 Å². The fourth-order valence-electron chi connectivity index (χ4n) is 1.18. The maximum absolute atomic E-state index is 11.4. The van der Waals surface area contributed by atoms with Crippen LogP contribution in [-0.4, -0.2) is 23.5 Å². The Morgan fingerprint density at radius 2 is 2.33 bits per heavy atom. The smallest absolute Gasteiger partial charge is 0.238 e. The number of amides is 1. The molecule has 1 fully saturated rings. The quantitative estimate of drug-likeness (QED) is 0.816. The van der Waals surface area contributed by atoms with Crippen molar-refractivity contribution in [2.75, 3.05) is 11.9 Å². The van der Waals surface area contributed by atoms with Gasteiger partial charge in [0.15, 0.2) is 0 Å². The Hall–Kier alpha value is -0.940. The summed E-state index contributed by atoms with van der Waals surface area (Å²) in [6.45, 7) is 0.376. The maximum atomic E-state index is 11.4. The van der Waals surface area contributed by atoms with E-state index in [2.05, 4.69) is 31.5 Å². The van der Waals surface area contributed by atoms with Crippen LogP contribution in [0.2, 0.25) is 0 Å². The van der Waals surface area contributed by atoms with E-state index < -0.39 is 0 Å². The van der Waals surface area contributed by atoms with Crippen molar-refractivity contribution in [3.63, 3.8) is 0 Å². The first-order valence-electron chi connectivity index (χ1n) is 4.89. The van der Waals surface area contributed by atoms with Crippen molar-refractivity contribution in [1.82, 2.24) is 10.3 Å². The molecule has 2 N–H and O–H groups in total. The number of carbonyl (C=O) groups excluding carboxylic acids is 1. The van der Waals surface area contributed by atoms with E-state index in [4.69, 9.17) is 0 Å². The summed E-state index contributed by atoms with van der Waals surface area (Å²) in [4.78, 5) is 15.4. The molecule has 2 rings (SSSR count). The highest BCUT2D eigenvalue weighted by atomic mass is 79.9. The first-order chi connectivity index (χ1) is 7.24. The molecule has 15 heavy (non-hydrogen) atoms. The van der Waals surface area contributed by atoms with E-state index in [1.807, 2.05) is 6.07 Å². The molecule has 0 aromatic carbocycles. The van der Waals surface area contributed by atoms with Crippen molar-refractivity contribution in [1.29, 1.82) is 0 Å². The minimum absolute atomic E-state index is 0.0222. The number of nitrogens with zero attached hydrogens (tertiary/aromatic N) is 1. The predicted octanol–water partition coefficient (Wildman–Crippen LogP) is 1.53. The highest BCUT2D eigenvalue weighted by Gasteiger charge is 2.20. The summed E-state index contributed by atoms with van der Waals surface area (Å²) >= 11 is 3.23. The fraction of sp³-hybridized carbons (Fsp3) is 0.400. The van der Waals surface area contributed by atoms with E-state index in [0.29, 0.717) is 12.6 Å². The van der Waals surface area contributed by atoms with Crippen LogP contribution in [0.4, 0.5) is 5.69 Å². The second-order valence-corrected chi connectivity index (χ2v) is 4.39. The molecule has 1 aliphatic rings.